The van der Waals surface area contributed by atoms with Gasteiger partial charge in [-0.15, -0.1) is 0 Å². The topological polar surface area (TPSA) is 113 Å². The lowest BCUT2D eigenvalue weighted by molar-refractivity contribution is -0.140. The van der Waals surface area contributed by atoms with E-state index in [0.717, 1.165) is 24.9 Å². The van der Waals surface area contributed by atoms with E-state index in [2.05, 4.69) is 26.4 Å². The monoisotopic (exact) mass is 474 g/mol. The fraction of sp³-hybridized carbons (Fsp3) is 0.308. The second-order valence-electron chi connectivity index (χ2n) is 8.68. The van der Waals surface area contributed by atoms with E-state index in [1.54, 1.807) is 31.2 Å². The number of rotatable bonds is 5. The van der Waals surface area contributed by atoms with Crippen molar-refractivity contribution < 1.29 is 24.2 Å². The fourth-order valence-corrected chi connectivity index (χ4v) is 4.57. The normalized spacial score (nSPS) is 20.3. The van der Waals surface area contributed by atoms with Crippen LogP contribution in [0.1, 0.15) is 49.0 Å². The van der Waals surface area contributed by atoms with Crippen molar-refractivity contribution in [2.75, 3.05) is 17.5 Å². The summed E-state index contributed by atoms with van der Waals surface area (Å²) >= 11 is 0. The molecule has 0 radical (unpaired) electrons. The number of phenolic OH excluding ortho intramolecular Hbond substituents is 1. The van der Waals surface area contributed by atoms with Crippen LogP contribution in [0.15, 0.2) is 58.4 Å². The van der Waals surface area contributed by atoms with Crippen LogP contribution in [0.3, 0.4) is 0 Å². The first-order valence-corrected chi connectivity index (χ1v) is 11.6. The molecule has 0 saturated heterocycles. The first kappa shape index (κ1) is 22.6. The van der Waals surface area contributed by atoms with Crippen LogP contribution in [0, 0.1) is 0 Å². The third-order valence-corrected chi connectivity index (χ3v) is 6.44. The summed E-state index contributed by atoms with van der Waals surface area (Å²) in [6.07, 6.45) is 5.92. The number of amides is 1. The molecule has 0 fully saturated rings. The first-order chi connectivity index (χ1) is 17.0. The number of para-hydroxylation sites is 1. The minimum absolute atomic E-state index is 0.0760. The molecule has 0 saturated carbocycles. The minimum atomic E-state index is -0.564. The van der Waals surface area contributed by atoms with E-state index < -0.39 is 12.1 Å². The SMILES string of the molecule is COC(=O)C1=CCC(c2cccc(N/N=C3\C(=O)N(c4ccc5c(c4)CCCC5)N=C3C)c2O)O1. The fourth-order valence-electron chi connectivity index (χ4n) is 4.57. The van der Waals surface area contributed by atoms with Crippen molar-refractivity contribution in [1.82, 2.24) is 0 Å². The molecule has 9 nitrogen and oxygen atoms in total. The Morgan fingerprint density at radius 3 is 2.83 bits per heavy atom. The molecule has 1 unspecified atom stereocenters. The quantitative estimate of drug-likeness (QED) is 0.385. The van der Waals surface area contributed by atoms with Gasteiger partial charge in [0.05, 0.1) is 24.2 Å². The van der Waals surface area contributed by atoms with Gasteiger partial charge in [0.15, 0.2) is 5.71 Å². The zero-order chi connectivity index (χ0) is 24.5. The molecule has 5 rings (SSSR count). The number of methoxy groups -OCH3 is 1. The standard InChI is InChI=1S/C26H26N4O5/c1-15-23(25(32)30(29-15)18-11-10-16-6-3-4-7-17(16)14-18)28-27-20-9-5-8-19(24(20)31)21-12-13-22(35-21)26(33)34-2/h5,8-11,13-14,21,27,31H,3-4,6-7,12H2,1-2H3/b28-23-. The van der Waals surface area contributed by atoms with Gasteiger partial charge in [-0.05, 0) is 68.0 Å². The molecule has 35 heavy (non-hydrogen) atoms. The van der Waals surface area contributed by atoms with Crippen LogP contribution in [0.2, 0.25) is 0 Å². The van der Waals surface area contributed by atoms with Crippen molar-refractivity contribution in [3.8, 4) is 5.75 Å². The molecule has 0 aromatic heterocycles. The number of hydrogen-bond acceptors (Lipinski definition) is 8. The Labute approximate surface area is 202 Å². The largest absolute Gasteiger partial charge is 0.505 e. The van der Waals surface area contributed by atoms with E-state index in [4.69, 9.17) is 4.74 Å². The summed E-state index contributed by atoms with van der Waals surface area (Å²) < 4.78 is 10.3. The Bertz CT molecular complexity index is 1300. The van der Waals surface area contributed by atoms with Crippen LogP contribution < -0.4 is 10.4 Å². The van der Waals surface area contributed by atoms with Crippen molar-refractivity contribution >= 4 is 34.7 Å². The molecule has 2 heterocycles. The zero-order valence-electron chi connectivity index (χ0n) is 19.6. The van der Waals surface area contributed by atoms with Crippen molar-refractivity contribution in [3.63, 3.8) is 0 Å². The third-order valence-electron chi connectivity index (χ3n) is 6.44. The summed E-state index contributed by atoms with van der Waals surface area (Å²) in [5, 5.41) is 20.8. The number of ether oxygens (including phenoxy) is 2. The van der Waals surface area contributed by atoms with Gasteiger partial charge in [-0.25, -0.2) is 4.79 Å². The van der Waals surface area contributed by atoms with Gasteiger partial charge in [0.25, 0.3) is 0 Å². The molecule has 2 aromatic rings. The summed E-state index contributed by atoms with van der Waals surface area (Å²) in [4.78, 5) is 24.8. The molecule has 2 aromatic carbocycles. The van der Waals surface area contributed by atoms with Gasteiger partial charge < -0.3 is 14.6 Å². The number of hydrogen-bond donors (Lipinski definition) is 2. The van der Waals surface area contributed by atoms with E-state index in [0.29, 0.717) is 23.4 Å². The number of phenols is 1. The highest BCUT2D eigenvalue weighted by Crippen LogP contribution is 2.39. The number of benzene rings is 2. The van der Waals surface area contributed by atoms with Gasteiger partial charge in [0, 0.05) is 12.0 Å². The molecule has 1 atom stereocenters. The number of carbonyl (C=O) groups is 2. The maximum absolute atomic E-state index is 13.1. The second-order valence-corrected chi connectivity index (χ2v) is 8.68. The lowest BCUT2D eigenvalue weighted by Crippen LogP contribution is -2.28. The molecule has 0 spiro atoms. The molecule has 1 aliphatic carbocycles. The molecular formula is C26H26N4O5. The first-order valence-electron chi connectivity index (χ1n) is 11.6. The number of aromatic hydroxyl groups is 1. The number of carbonyl (C=O) groups excluding carboxylic acids is 2. The Kier molecular flexibility index (Phi) is 5.98. The van der Waals surface area contributed by atoms with Gasteiger partial charge in [-0.3, -0.25) is 10.2 Å². The predicted octanol–water partition coefficient (Wildman–Crippen LogP) is 3.98. The van der Waals surface area contributed by atoms with Crippen LogP contribution in [0.5, 0.6) is 5.75 Å². The Balaban J connectivity index is 1.32. The van der Waals surface area contributed by atoms with Crippen LogP contribution in [0.25, 0.3) is 0 Å². The number of esters is 1. The lowest BCUT2D eigenvalue weighted by atomic mass is 9.91. The maximum Gasteiger partial charge on any atom is 0.372 e. The average Bonchev–Trinajstić information content (AvgIpc) is 3.47. The van der Waals surface area contributed by atoms with Crippen LogP contribution in [0.4, 0.5) is 11.4 Å². The van der Waals surface area contributed by atoms with Crippen molar-refractivity contribution in [2.45, 2.75) is 45.1 Å². The molecular weight excluding hydrogens is 448 g/mol. The molecule has 9 heteroatoms. The maximum atomic E-state index is 13.1. The molecule has 180 valence electrons. The summed E-state index contributed by atoms with van der Waals surface area (Å²) in [5.74, 6) is -0.868. The van der Waals surface area contributed by atoms with Crippen molar-refractivity contribution in [2.24, 2.45) is 10.2 Å². The smallest absolute Gasteiger partial charge is 0.372 e. The number of anilines is 2. The Hall–Kier alpha value is -4.14. The van der Waals surface area contributed by atoms with Gasteiger partial charge in [0.1, 0.15) is 11.9 Å². The lowest BCUT2D eigenvalue weighted by Gasteiger charge is -2.19. The number of fused-ring (bicyclic) bond motifs is 1. The Morgan fingerprint density at radius 2 is 2.03 bits per heavy atom. The van der Waals surface area contributed by atoms with Gasteiger partial charge in [0.2, 0.25) is 5.76 Å². The molecule has 3 aliphatic rings. The van der Waals surface area contributed by atoms with Crippen LogP contribution in [-0.4, -0.2) is 35.5 Å². The highest BCUT2D eigenvalue weighted by Gasteiger charge is 2.32. The van der Waals surface area contributed by atoms with Crippen molar-refractivity contribution in [1.29, 1.82) is 0 Å². The minimum Gasteiger partial charge on any atom is -0.505 e. The number of hydrazone groups is 2. The van der Waals surface area contributed by atoms with E-state index in [1.165, 1.54) is 29.7 Å². The molecule has 2 N–H and O–H groups in total. The van der Waals surface area contributed by atoms with E-state index in [-0.39, 0.29) is 23.1 Å². The van der Waals surface area contributed by atoms with Crippen LogP contribution >= 0.6 is 0 Å². The number of aryl methyl sites for hydroxylation is 2. The third kappa shape index (κ3) is 4.25. The molecule has 1 amide bonds. The Morgan fingerprint density at radius 1 is 1.23 bits per heavy atom. The summed E-state index contributed by atoms with van der Waals surface area (Å²) in [5.41, 5.74) is 7.54. The van der Waals surface area contributed by atoms with Gasteiger partial charge in [-0.1, -0.05) is 18.2 Å². The van der Waals surface area contributed by atoms with E-state index >= 15 is 0 Å². The highest BCUT2D eigenvalue weighted by atomic mass is 16.6. The highest BCUT2D eigenvalue weighted by molar-refractivity contribution is 6.71. The molecule has 2 aliphatic heterocycles. The average molecular weight is 475 g/mol. The molecule has 0 bridgehead atoms. The van der Waals surface area contributed by atoms with E-state index in [1.807, 2.05) is 12.1 Å². The summed E-state index contributed by atoms with van der Waals surface area (Å²) in [6.45, 7) is 1.72. The van der Waals surface area contributed by atoms with Gasteiger partial charge in [-0.2, -0.15) is 15.2 Å². The summed E-state index contributed by atoms with van der Waals surface area (Å²) in [6, 6.07) is 11.1. The zero-order valence-corrected chi connectivity index (χ0v) is 19.6. The second kappa shape index (κ2) is 9.25. The number of nitrogens with zero attached hydrogens (tertiary/aromatic N) is 3. The van der Waals surface area contributed by atoms with Crippen molar-refractivity contribution in [3.05, 3.63) is 64.9 Å². The van der Waals surface area contributed by atoms with E-state index in [9.17, 15) is 14.7 Å². The van der Waals surface area contributed by atoms with Crippen LogP contribution in [-0.2, 0) is 31.9 Å². The predicted molar refractivity (Wildman–Crippen MR) is 131 cm³/mol. The number of nitrogens with one attached hydrogen (secondary N) is 1. The summed E-state index contributed by atoms with van der Waals surface area (Å²) in [7, 11) is 1.28. The van der Waals surface area contributed by atoms with Gasteiger partial charge >= 0.3 is 11.9 Å².